The molecule has 0 amide bonds. The Labute approximate surface area is 199 Å². The maximum Gasteiger partial charge on any atom is 0.0943 e. The fourth-order valence-electron chi connectivity index (χ4n) is 6.34. The first-order valence-electron chi connectivity index (χ1n) is 10.2. The van der Waals surface area contributed by atoms with E-state index in [-0.39, 0.29) is 56.8 Å². The van der Waals surface area contributed by atoms with Crippen LogP contribution in [0.4, 0.5) is 0 Å². The van der Waals surface area contributed by atoms with Crippen molar-refractivity contribution in [1.29, 1.82) is 0 Å². The molecule has 150 valence electrons. The molecule has 2 heteroatoms. The van der Waals surface area contributed by atoms with Crippen molar-refractivity contribution in [1.82, 2.24) is 0 Å². The second-order valence-electron chi connectivity index (χ2n) is 10.1. The Hall–Kier alpha value is 0.258. The molecule has 0 radical (unpaired) electrons. The molecular formula is C25H38OSm. The third-order valence-electron chi connectivity index (χ3n) is 8.52. The van der Waals surface area contributed by atoms with E-state index in [1.54, 1.807) is 5.57 Å². The SMILES string of the molecule is CC1=C(C)C(C)(C)C(C2CCOC2(C)C2=C(C)C(C)=C(C)C2(C)C)=C1C.[Sm]. The van der Waals surface area contributed by atoms with Gasteiger partial charge >= 0.3 is 0 Å². The van der Waals surface area contributed by atoms with Gasteiger partial charge in [0.25, 0.3) is 0 Å². The first-order chi connectivity index (χ1) is 11.8. The summed E-state index contributed by atoms with van der Waals surface area (Å²) in [7, 11) is 0. The summed E-state index contributed by atoms with van der Waals surface area (Å²) in [5.74, 6) is 0.452. The summed E-state index contributed by atoms with van der Waals surface area (Å²) in [6, 6.07) is 0. The van der Waals surface area contributed by atoms with Crippen LogP contribution in [0.1, 0.15) is 82.6 Å². The average molecular weight is 505 g/mol. The first kappa shape index (κ1) is 23.5. The van der Waals surface area contributed by atoms with Gasteiger partial charge < -0.3 is 4.74 Å². The fraction of sp³-hybridized carbons (Fsp3) is 0.680. The standard InChI is InChI=1S/C25H38O.Sm/c1-14-16(3)21(23(7,8)18(14)5)20-12-13-26-25(20,11)22-17(4)15(2)19(6)24(22,9)10;/h20H,12-13H2,1-11H3;. The van der Waals surface area contributed by atoms with E-state index < -0.39 is 0 Å². The van der Waals surface area contributed by atoms with Crippen molar-refractivity contribution in [2.45, 2.75) is 88.2 Å². The molecule has 3 rings (SSSR count). The van der Waals surface area contributed by atoms with Gasteiger partial charge in [-0.15, -0.1) is 0 Å². The van der Waals surface area contributed by atoms with E-state index in [1.165, 1.54) is 39.0 Å². The molecule has 27 heavy (non-hydrogen) atoms. The van der Waals surface area contributed by atoms with Crippen LogP contribution >= 0.6 is 0 Å². The molecular weight excluding hydrogens is 467 g/mol. The molecule has 0 aromatic heterocycles. The quantitative estimate of drug-likeness (QED) is 0.387. The van der Waals surface area contributed by atoms with E-state index in [0.29, 0.717) is 5.92 Å². The Morgan fingerprint density at radius 1 is 0.704 bits per heavy atom. The maximum absolute atomic E-state index is 6.63. The van der Waals surface area contributed by atoms with Gasteiger partial charge in [0.05, 0.1) is 5.60 Å². The Bertz CT molecular complexity index is 800. The number of hydrogen-bond donors (Lipinski definition) is 0. The number of rotatable bonds is 2. The number of allylic oxidation sites excluding steroid dienone is 6. The molecule has 3 aliphatic rings. The number of hydrogen-bond acceptors (Lipinski definition) is 1. The van der Waals surface area contributed by atoms with Gasteiger partial charge in [0.15, 0.2) is 0 Å². The predicted octanol–water partition coefficient (Wildman–Crippen LogP) is 7.17. The van der Waals surface area contributed by atoms with E-state index >= 15 is 0 Å². The molecule has 0 aromatic rings. The van der Waals surface area contributed by atoms with Gasteiger partial charge in [0, 0.05) is 63.7 Å². The average Bonchev–Trinajstić information content (AvgIpc) is 3.03. The van der Waals surface area contributed by atoms with Gasteiger partial charge in [-0.25, -0.2) is 0 Å². The fourth-order valence-corrected chi connectivity index (χ4v) is 6.34. The summed E-state index contributed by atoms with van der Waals surface area (Å²) in [4.78, 5) is 0. The van der Waals surface area contributed by atoms with E-state index in [4.69, 9.17) is 4.74 Å². The van der Waals surface area contributed by atoms with Gasteiger partial charge in [-0.1, -0.05) is 44.4 Å². The largest absolute Gasteiger partial charge is 0.370 e. The number of ether oxygens (including phenoxy) is 1. The van der Waals surface area contributed by atoms with Gasteiger partial charge in [-0.3, -0.25) is 0 Å². The third kappa shape index (κ3) is 3.04. The van der Waals surface area contributed by atoms with Crippen molar-refractivity contribution in [2.75, 3.05) is 6.61 Å². The van der Waals surface area contributed by atoms with Crippen LogP contribution in [0.15, 0.2) is 44.6 Å². The summed E-state index contributed by atoms with van der Waals surface area (Å²) in [5, 5.41) is 0. The Morgan fingerprint density at radius 2 is 1.19 bits per heavy atom. The van der Waals surface area contributed by atoms with Crippen molar-refractivity contribution in [2.24, 2.45) is 16.7 Å². The zero-order chi connectivity index (χ0) is 19.8. The molecule has 0 spiro atoms. The van der Waals surface area contributed by atoms with E-state index in [0.717, 1.165) is 13.0 Å². The molecule has 0 aromatic carbocycles. The molecule has 2 aliphatic carbocycles. The van der Waals surface area contributed by atoms with Crippen LogP contribution in [0.5, 0.6) is 0 Å². The van der Waals surface area contributed by atoms with Gasteiger partial charge in [-0.2, -0.15) is 0 Å². The van der Waals surface area contributed by atoms with E-state index in [1.807, 2.05) is 0 Å². The monoisotopic (exact) mass is 506 g/mol. The summed E-state index contributed by atoms with van der Waals surface area (Å²) < 4.78 is 6.63. The second kappa shape index (κ2) is 7.19. The zero-order valence-corrected chi connectivity index (χ0v) is 21.9. The normalized spacial score (nSPS) is 32.8. The van der Waals surface area contributed by atoms with Crippen molar-refractivity contribution in [3.8, 4) is 0 Å². The minimum atomic E-state index is -0.217. The first-order valence-corrected chi connectivity index (χ1v) is 10.2. The van der Waals surface area contributed by atoms with Crippen LogP contribution in [0.2, 0.25) is 0 Å². The molecule has 1 aliphatic heterocycles. The third-order valence-corrected chi connectivity index (χ3v) is 8.52. The van der Waals surface area contributed by atoms with Crippen molar-refractivity contribution < 1.29 is 45.1 Å². The van der Waals surface area contributed by atoms with Crippen molar-refractivity contribution >= 4 is 0 Å². The molecule has 0 saturated carbocycles. The van der Waals surface area contributed by atoms with Crippen LogP contribution in [0, 0.1) is 57.1 Å². The predicted molar refractivity (Wildman–Crippen MR) is 112 cm³/mol. The summed E-state index contributed by atoms with van der Waals surface area (Å²) in [6.45, 7) is 26.7. The molecule has 1 saturated heterocycles. The van der Waals surface area contributed by atoms with Crippen molar-refractivity contribution in [3.05, 3.63) is 44.6 Å². The minimum absolute atomic E-state index is 0. The molecule has 1 fully saturated rings. The van der Waals surface area contributed by atoms with Gasteiger partial charge in [0.1, 0.15) is 0 Å². The molecule has 1 nitrogen and oxygen atoms in total. The zero-order valence-electron chi connectivity index (χ0n) is 19.3. The van der Waals surface area contributed by atoms with E-state index in [2.05, 4.69) is 76.2 Å². The van der Waals surface area contributed by atoms with Gasteiger partial charge in [0.2, 0.25) is 0 Å². The minimum Gasteiger partial charge on any atom is -0.370 e. The van der Waals surface area contributed by atoms with Crippen LogP contribution in [0.25, 0.3) is 0 Å². The van der Waals surface area contributed by atoms with Crippen LogP contribution in [0.3, 0.4) is 0 Å². The Kier molecular flexibility index (Phi) is 6.27. The van der Waals surface area contributed by atoms with Crippen LogP contribution in [-0.4, -0.2) is 12.2 Å². The van der Waals surface area contributed by atoms with Gasteiger partial charge in [-0.05, 0) is 82.8 Å². The van der Waals surface area contributed by atoms with Crippen LogP contribution < -0.4 is 0 Å². The molecule has 1 heterocycles. The smallest absolute Gasteiger partial charge is 0.0943 e. The summed E-state index contributed by atoms with van der Waals surface area (Å²) in [5.41, 5.74) is 12.1. The molecule has 0 bridgehead atoms. The Balaban J connectivity index is 0.00000261. The van der Waals surface area contributed by atoms with Crippen LogP contribution in [-0.2, 0) is 4.74 Å². The topological polar surface area (TPSA) is 9.23 Å². The molecule has 0 N–H and O–H groups in total. The second-order valence-corrected chi connectivity index (χ2v) is 10.1. The summed E-state index contributed by atoms with van der Waals surface area (Å²) >= 11 is 0. The maximum atomic E-state index is 6.63. The molecule has 2 atom stereocenters. The summed E-state index contributed by atoms with van der Waals surface area (Å²) in [6.07, 6.45) is 1.12. The van der Waals surface area contributed by atoms with Crippen molar-refractivity contribution in [3.63, 3.8) is 0 Å². The molecule has 2 unspecified atom stereocenters. The van der Waals surface area contributed by atoms with E-state index in [9.17, 15) is 0 Å². The Morgan fingerprint density at radius 3 is 1.59 bits per heavy atom.